The fraction of sp³-hybridized carbons (Fsp3) is 0.467. The molecule has 0 spiro atoms. The molecule has 128 valence electrons. The molecule has 1 amide bonds. The van der Waals surface area contributed by atoms with E-state index in [1.165, 1.54) is 6.92 Å². The van der Waals surface area contributed by atoms with E-state index in [2.05, 4.69) is 9.50 Å². The number of rotatable bonds is 5. The van der Waals surface area contributed by atoms with Crippen molar-refractivity contribution in [1.29, 1.82) is 0 Å². The predicted octanol–water partition coefficient (Wildman–Crippen LogP) is 1.97. The van der Waals surface area contributed by atoms with Gasteiger partial charge in [0.1, 0.15) is 17.4 Å². The summed E-state index contributed by atoms with van der Waals surface area (Å²) in [6.07, 6.45) is -0.831. The topological polar surface area (TPSA) is 98.8 Å². The van der Waals surface area contributed by atoms with Crippen molar-refractivity contribution in [3.8, 4) is 0 Å². The van der Waals surface area contributed by atoms with E-state index in [0.717, 1.165) is 0 Å². The maximum atomic E-state index is 11.8. The molecular formula is C15H21NO6S. The maximum absolute atomic E-state index is 11.8. The molecule has 0 saturated carbocycles. The normalized spacial score (nSPS) is 13.0. The Hall–Kier alpha value is -2.09. The van der Waals surface area contributed by atoms with Gasteiger partial charge in [-0.25, -0.2) is 9.59 Å². The standard InChI is InChI=1S/C15H21NO6S/c1-11(16-14(18)21-15(2,3)4)13(17)22-23(19,20)10-12-8-6-5-7-9-12/h5-9,11H,10H2,1-4H3,(H,16,18)/t11-/m0/s1. The van der Waals surface area contributed by atoms with Crippen molar-refractivity contribution in [3.63, 3.8) is 0 Å². The molecule has 0 aromatic heterocycles. The van der Waals surface area contributed by atoms with Crippen molar-refractivity contribution in [3.05, 3.63) is 35.9 Å². The van der Waals surface area contributed by atoms with Crippen LogP contribution in [-0.4, -0.2) is 32.1 Å². The number of ether oxygens (including phenoxy) is 1. The lowest BCUT2D eigenvalue weighted by atomic mass is 10.2. The minimum absolute atomic E-state index is 0.432. The second-order valence-corrected chi connectivity index (χ2v) is 7.53. The molecule has 0 unspecified atom stereocenters. The molecule has 0 heterocycles. The lowest BCUT2D eigenvalue weighted by Crippen LogP contribution is -2.43. The minimum atomic E-state index is -4.09. The van der Waals surface area contributed by atoms with Crippen molar-refractivity contribution < 1.29 is 26.9 Å². The van der Waals surface area contributed by atoms with Crippen molar-refractivity contribution >= 4 is 22.2 Å². The van der Waals surface area contributed by atoms with Crippen LogP contribution in [0.2, 0.25) is 0 Å². The number of alkyl carbamates (subject to hydrolysis) is 1. The third-order valence-corrected chi connectivity index (χ3v) is 3.59. The van der Waals surface area contributed by atoms with E-state index < -0.39 is 39.6 Å². The molecule has 1 aromatic carbocycles. The third kappa shape index (κ3) is 7.64. The van der Waals surface area contributed by atoms with E-state index in [-0.39, 0.29) is 0 Å². The molecule has 23 heavy (non-hydrogen) atoms. The van der Waals surface area contributed by atoms with Gasteiger partial charge in [0.05, 0.1) is 0 Å². The molecule has 0 fully saturated rings. The van der Waals surface area contributed by atoms with Crippen LogP contribution in [0.15, 0.2) is 30.3 Å². The van der Waals surface area contributed by atoms with Crippen LogP contribution in [0.25, 0.3) is 0 Å². The molecular weight excluding hydrogens is 322 g/mol. The first-order chi connectivity index (χ1) is 10.5. The van der Waals surface area contributed by atoms with Gasteiger partial charge in [-0.15, -0.1) is 0 Å². The van der Waals surface area contributed by atoms with Crippen LogP contribution < -0.4 is 5.32 Å². The summed E-state index contributed by atoms with van der Waals surface area (Å²) in [6, 6.07) is 7.16. The molecule has 0 aliphatic rings. The summed E-state index contributed by atoms with van der Waals surface area (Å²) in [5.74, 6) is -1.51. The van der Waals surface area contributed by atoms with Crippen LogP contribution in [0, 0.1) is 0 Å². The summed E-state index contributed by atoms with van der Waals surface area (Å²) in [5, 5.41) is 2.22. The van der Waals surface area contributed by atoms with E-state index in [9.17, 15) is 18.0 Å². The summed E-state index contributed by atoms with van der Waals surface area (Å²) < 4.78 is 33.2. The molecule has 8 heteroatoms. The Bertz CT molecular complexity index is 648. The highest BCUT2D eigenvalue weighted by Crippen LogP contribution is 2.09. The molecule has 1 atom stereocenters. The predicted molar refractivity (Wildman–Crippen MR) is 84.0 cm³/mol. The van der Waals surface area contributed by atoms with Crippen molar-refractivity contribution in [1.82, 2.24) is 5.32 Å². The van der Waals surface area contributed by atoms with E-state index in [0.29, 0.717) is 5.56 Å². The third-order valence-electron chi connectivity index (χ3n) is 2.48. The van der Waals surface area contributed by atoms with Gasteiger partial charge in [-0.2, -0.15) is 8.42 Å². The molecule has 1 aromatic rings. The Morgan fingerprint density at radius 2 is 1.74 bits per heavy atom. The van der Waals surface area contributed by atoms with Gasteiger partial charge in [0, 0.05) is 0 Å². The number of hydrogen-bond donors (Lipinski definition) is 1. The van der Waals surface area contributed by atoms with Crippen LogP contribution in [-0.2, 0) is 29.6 Å². The van der Waals surface area contributed by atoms with Gasteiger partial charge in [0.25, 0.3) is 0 Å². The Labute approximate surface area is 136 Å². The van der Waals surface area contributed by atoms with E-state index in [4.69, 9.17) is 4.74 Å². The minimum Gasteiger partial charge on any atom is -0.444 e. The van der Waals surface area contributed by atoms with Gasteiger partial charge in [-0.1, -0.05) is 30.3 Å². The molecule has 1 rings (SSSR count). The number of benzene rings is 1. The van der Waals surface area contributed by atoms with Crippen LogP contribution in [0.3, 0.4) is 0 Å². The highest BCUT2D eigenvalue weighted by atomic mass is 32.2. The summed E-state index contributed by atoms with van der Waals surface area (Å²) in [4.78, 5) is 23.3. The molecule has 0 aliphatic carbocycles. The highest BCUT2D eigenvalue weighted by molar-refractivity contribution is 7.86. The lowest BCUT2D eigenvalue weighted by Gasteiger charge is -2.21. The van der Waals surface area contributed by atoms with Crippen molar-refractivity contribution in [2.45, 2.75) is 45.1 Å². The number of nitrogens with one attached hydrogen (secondary N) is 1. The Morgan fingerprint density at radius 3 is 2.26 bits per heavy atom. The number of hydrogen-bond acceptors (Lipinski definition) is 6. The summed E-state index contributed by atoms with van der Waals surface area (Å²) >= 11 is 0. The first kappa shape index (κ1) is 19.0. The van der Waals surface area contributed by atoms with Gasteiger partial charge in [0.15, 0.2) is 0 Å². The second kappa shape index (κ2) is 7.45. The lowest BCUT2D eigenvalue weighted by molar-refractivity contribution is -0.135. The first-order valence-electron chi connectivity index (χ1n) is 6.98. The molecule has 0 bridgehead atoms. The van der Waals surface area contributed by atoms with Crippen molar-refractivity contribution in [2.24, 2.45) is 0 Å². The van der Waals surface area contributed by atoms with Crippen LogP contribution in [0.1, 0.15) is 33.3 Å². The summed E-state index contributed by atoms with van der Waals surface area (Å²) in [7, 11) is -4.09. The number of amides is 1. The average molecular weight is 343 g/mol. The zero-order chi connectivity index (χ0) is 17.7. The molecule has 0 saturated heterocycles. The fourth-order valence-corrected chi connectivity index (χ4v) is 2.60. The van der Waals surface area contributed by atoms with Gasteiger partial charge >= 0.3 is 22.2 Å². The van der Waals surface area contributed by atoms with Gasteiger partial charge in [-0.3, -0.25) is 0 Å². The number of carbonyl (C=O) groups is 2. The largest absolute Gasteiger partial charge is 0.444 e. The van der Waals surface area contributed by atoms with Gasteiger partial charge < -0.3 is 14.2 Å². The van der Waals surface area contributed by atoms with Crippen LogP contribution in [0.4, 0.5) is 4.79 Å². The van der Waals surface area contributed by atoms with E-state index in [1.807, 2.05) is 0 Å². The van der Waals surface area contributed by atoms with Crippen LogP contribution >= 0.6 is 0 Å². The molecule has 1 N–H and O–H groups in total. The quantitative estimate of drug-likeness (QED) is 0.821. The van der Waals surface area contributed by atoms with Crippen molar-refractivity contribution in [2.75, 3.05) is 0 Å². The summed E-state index contributed by atoms with van der Waals surface area (Å²) in [5.41, 5.74) is -0.236. The van der Waals surface area contributed by atoms with Crippen LogP contribution in [0.5, 0.6) is 0 Å². The van der Waals surface area contributed by atoms with E-state index in [1.54, 1.807) is 51.1 Å². The summed E-state index contributed by atoms with van der Waals surface area (Å²) in [6.45, 7) is 6.31. The Morgan fingerprint density at radius 1 is 1.17 bits per heavy atom. The van der Waals surface area contributed by atoms with Gasteiger partial charge in [0.2, 0.25) is 0 Å². The highest BCUT2D eigenvalue weighted by Gasteiger charge is 2.26. The fourth-order valence-electron chi connectivity index (χ4n) is 1.55. The maximum Gasteiger partial charge on any atom is 0.408 e. The zero-order valence-corrected chi connectivity index (χ0v) is 14.3. The smallest absolute Gasteiger partial charge is 0.408 e. The van der Waals surface area contributed by atoms with E-state index >= 15 is 0 Å². The Kier molecular flexibility index (Phi) is 6.14. The van der Waals surface area contributed by atoms with Gasteiger partial charge in [-0.05, 0) is 33.3 Å². The Balaban J connectivity index is 2.58. The SMILES string of the molecule is C[C@H](NC(=O)OC(C)(C)C)C(=O)OS(=O)(=O)Cc1ccccc1. The second-order valence-electron chi connectivity index (χ2n) is 5.96. The first-order valence-corrected chi connectivity index (χ1v) is 8.56. The molecule has 0 radical (unpaired) electrons. The zero-order valence-electron chi connectivity index (χ0n) is 13.5. The number of carbonyl (C=O) groups excluding carboxylic acids is 2. The average Bonchev–Trinajstić information content (AvgIpc) is 2.36. The molecule has 0 aliphatic heterocycles. The monoisotopic (exact) mass is 343 g/mol. The molecule has 7 nitrogen and oxygen atoms in total.